The second-order valence-electron chi connectivity index (χ2n) is 5.56. The fourth-order valence-corrected chi connectivity index (χ4v) is 3.30. The maximum atomic E-state index is 12.4. The van der Waals surface area contributed by atoms with E-state index in [-0.39, 0.29) is 5.91 Å². The minimum atomic E-state index is -0.163. The van der Waals surface area contributed by atoms with Gasteiger partial charge in [-0.05, 0) is 46.1 Å². The van der Waals surface area contributed by atoms with Crippen LogP contribution in [0.25, 0.3) is 10.9 Å². The van der Waals surface area contributed by atoms with Gasteiger partial charge in [-0.1, -0.05) is 18.2 Å². The Balaban J connectivity index is 1.68. The number of nitrogens with one attached hydrogen (secondary N) is 2. The van der Waals surface area contributed by atoms with E-state index in [1.165, 1.54) is 10.9 Å². The number of hydrogen-bond donors (Lipinski definition) is 2. The van der Waals surface area contributed by atoms with Gasteiger partial charge in [-0.2, -0.15) is 0 Å². The molecule has 5 nitrogen and oxygen atoms in total. The van der Waals surface area contributed by atoms with Crippen LogP contribution < -0.4 is 14.8 Å². The van der Waals surface area contributed by atoms with E-state index in [4.69, 9.17) is 9.47 Å². The zero-order valence-electron chi connectivity index (χ0n) is 14.1. The van der Waals surface area contributed by atoms with E-state index in [9.17, 15) is 4.79 Å². The number of amides is 1. The van der Waals surface area contributed by atoms with Crippen LogP contribution in [0.1, 0.15) is 15.9 Å². The molecule has 3 aromatic rings. The van der Waals surface area contributed by atoms with Gasteiger partial charge in [0.15, 0.2) is 0 Å². The Morgan fingerprint density at radius 1 is 1.16 bits per heavy atom. The fraction of sp³-hybridized carbons (Fsp3) is 0.211. The molecule has 25 heavy (non-hydrogen) atoms. The van der Waals surface area contributed by atoms with Gasteiger partial charge < -0.3 is 19.8 Å². The quantitative estimate of drug-likeness (QED) is 0.656. The molecule has 0 fully saturated rings. The van der Waals surface area contributed by atoms with Gasteiger partial charge in [0.05, 0.1) is 14.2 Å². The Morgan fingerprint density at radius 2 is 1.84 bits per heavy atom. The fourth-order valence-electron chi connectivity index (χ4n) is 2.75. The average Bonchev–Trinajstić information content (AvgIpc) is 3.05. The summed E-state index contributed by atoms with van der Waals surface area (Å²) in [6.07, 6.45) is 2.74. The van der Waals surface area contributed by atoms with Crippen LogP contribution in [-0.4, -0.2) is 31.7 Å². The second-order valence-corrected chi connectivity index (χ2v) is 6.35. The lowest BCUT2D eigenvalue weighted by Crippen LogP contribution is -2.25. The maximum Gasteiger partial charge on any atom is 0.251 e. The van der Waals surface area contributed by atoms with E-state index in [1.54, 1.807) is 26.4 Å². The van der Waals surface area contributed by atoms with E-state index >= 15 is 0 Å². The molecule has 6 heteroatoms. The van der Waals surface area contributed by atoms with Gasteiger partial charge >= 0.3 is 0 Å². The Hall–Kier alpha value is -2.47. The number of halogens is 1. The second kappa shape index (κ2) is 7.61. The van der Waals surface area contributed by atoms with Crippen molar-refractivity contribution in [3.8, 4) is 11.5 Å². The molecule has 0 aliphatic carbocycles. The summed E-state index contributed by atoms with van der Waals surface area (Å²) >= 11 is 3.40. The minimum Gasteiger partial charge on any atom is -0.495 e. The number of rotatable bonds is 6. The first-order valence-corrected chi connectivity index (χ1v) is 8.68. The van der Waals surface area contributed by atoms with Crippen LogP contribution in [0.5, 0.6) is 11.5 Å². The first kappa shape index (κ1) is 17.4. The van der Waals surface area contributed by atoms with Crippen molar-refractivity contribution in [1.82, 2.24) is 10.3 Å². The molecule has 0 aliphatic heterocycles. The number of H-pyrrole nitrogens is 1. The third kappa shape index (κ3) is 3.64. The monoisotopic (exact) mass is 402 g/mol. The summed E-state index contributed by atoms with van der Waals surface area (Å²) in [5.41, 5.74) is 2.78. The van der Waals surface area contributed by atoms with E-state index < -0.39 is 0 Å². The molecule has 2 aromatic carbocycles. The van der Waals surface area contributed by atoms with Crippen LogP contribution in [0.15, 0.2) is 47.1 Å². The van der Waals surface area contributed by atoms with Crippen molar-refractivity contribution in [2.24, 2.45) is 0 Å². The maximum absolute atomic E-state index is 12.4. The van der Waals surface area contributed by atoms with Crippen molar-refractivity contribution < 1.29 is 14.3 Å². The SMILES string of the molecule is COc1cc(C(=O)NCCc2c[nH]c3ccccc23)cc(OC)c1Br. The number of methoxy groups -OCH3 is 2. The molecule has 3 rings (SSSR count). The third-order valence-electron chi connectivity index (χ3n) is 4.06. The lowest BCUT2D eigenvalue weighted by molar-refractivity contribution is 0.0953. The number of fused-ring (bicyclic) bond motifs is 1. The lowest BCUT2D eigenvalue weighted by Gasteiger charge is -2.11. The van der Waals surface area contributed by atoms with Gasteiger partial charge in [0.25, 0.3) is 5.91 Å². The number of hydrogen-bond acceptors (Lipinski definition) is 3. The van der Waals surface area contributed by atoms with Gasteiger partial charge in [-0.25, -0.2) is 0 Å². The molecule has 0 spiro atoms. The normalized spacial score (nSPS) is 10.7. The molecule has 1 amide bonds. The number of para-hydroxylation sites is 1. The van der Waals surface area contributed by atoms with Crippen LogP contribution in [-0.2, 0) is 6.42 Å². The van der Waals surface area contributed by atoms with Crippen molar-refractivity contribution in [1.29, 1.82) is 0 Å². The first-order valence-electron chi connectivity index (χ1n) is 7.88. The molecular formula is C19H19BrN2O3. The zero-order chi connectivity index (χ0) is 17.8. The largest absolute Gasteiger partial charge is 0.495 e. The van der Waals surface area contributed by atoms with Gasteiger partial charge in [-0.15, -0.1) is 0 Å². The van der Waals surface area contributed by atoms with Crippen LogP contribution in [0.2, 0.25) is 0 Å². The molecular weight excluding hydrogens is 384 g/mol. The van der Waals surface area contributed by atoms with Gasteiger partial charge in [0, 0.05) is 29.2 Å². The minimum absolute atomic E-state index is 0.163. The topological polar surface area (TPSA) is 63.3 Å². The highest BCUT2D eigenvalue weighted by molar-refractivity contribution is 9.10. The molecule has 0 aliphatic rings. The van der Waals surface area contributed by atoms with Crippen LogP contribution >= 0.6 is 15.9 Å². The average molecular weight is 403 g/mol. The highest BCUT2D eigenvalue weighted by Crippen LogP contribution is 2.35. The molecule has 0 saturated heterocycles. The lowest BCUT2D eigenvalue weighted by atomic mass is 10.1. The van der Waals surface area contributed by atoms with E-state index in [2.05, 4.69) is 32.3 Å². The molecule has 1 aromatic heterocycles. The number of aromatic nitrogens is 1. The van der Waals surface area contributed by atoms with E-state index in [1.807, 2.05) is 24.4 Å². The van der Waals surface area contributed by atoms with Crippen molar-refractivity contribution in [3.63, 3.8) is 0 Å². The first-order chi connectivity index (χ1) is 12.1. The molecule has 130 valence electrons. The Morgan fingerprint density at radius 3 is 2.52 bits per heavy atom. The van der Waals surface area contributed by atoms with E-state index in [0.29, 0.717) is 28.1 Å². The summed E-state index contributed by atoms with van der Waals surface area (Å²) in [4.78, 5) is 15.7. The molecule has 0 unspecified atom stereocenters. The summed E-state index contributed by atoms with van der Waals surface area (Å²) in [5.74, 6) is 0.950. The summed E-state index contributed by atoms with van der Waals surface area (Å²) in [7, 11) is 3.11. The standard InChI is InChI=1S/C19H19BrN2O3/c1-24-16-9-13(10-17(25-2)18(16)20)19(23)21-8-7-12-11-22-15-6-4-3-5-14(12)15/h3-6,9-11,22H,7-8H2,1-2H3,(H,21,23). The van der Waals surface area contributed by atoms with Crippen molar-refractivity contribution in [2.45, 2.75) is 6.42 Å². The molecule has 0 atom stereocenters. The number of carbonyl (C=O) groups excluding carboxylic acids is 1. The molecule has 2 N–H and O–H groups in total. The van der Waals surface area contributed by atoms with Gasteiger partial charge in [-0.3, -0.25) is 4.79 Å². The van der Waals surface area contributed by atoms with Crippen LogP contribution in [0.4, 0.5) is 0 Å². The van der Waals surface area contributed by atoms with Crippen molar-refractivity contribution in [3.05, 3.63) is 58.2 Å². The predicted molar refractivity (Wildman–Crippen MR) is 102 cm³/mol. The smallest absolute Gasteiger partial charge is 0.251 e. The number of benzene rings is 2. The summed E-state index contributed by atoms with van der Waals surface area (Å²) in [5, 5.41) is 4.13. The Bertz CT molecular complexity index is 880. The van der Waals surface area contributed by atoms with Crippen LogP contribution in [0, 0.1) is 0 Å². The summed E-state index contributed by atoms with van der Waals surface area (Å²) < 4.78 is 11.2. The Labute approximate surface area is 154 Å². The molecule has 0 bridgehead atoms. The zero-order valence-corrected chi connectivity index (χ0v) is 15.6. The van der Waals surface area contributed by atoms with Crippen molar-refractivity contribution >= 4 is 32.7 Å². The van der Waals surface area contributed by atoms with Gasteiger partial charge in [0.2, 0.25) is 0 Å². The summed E-state index contributed by atoms with van der Waals surface area (Å²) in [6.45, 7) is 0.543. The van der Waals surface area contributed by atoms with E-state index in [0.717, 1.165) is 11.9 Å². The molecule has 0 radical (unpaired) electrons. The molecule has 1 heterocycles. The van der Waals surface area contributed by atoms with Gasteiger partial charge in [0.1, 0.15) is 16.0 Å². The molecule has 0 saturated carbocycles. The number of ether oxygens (including phenoxy) is 2. The summed E-state index contributed by atoms with van der Waals surface area (Å²) in [6, 6.07) is 11.5. The third-order valence-corrected chi connectivity index (χ3v) is 4.84. The number of aromatic amines is 1. The number of carbonyl (C=O) groups is 1. The van der Waals surface area contributed by atoms with Crippen LogP contribution in [0.3, 0.4) is 0 Å². The predicted octanol–water partition coefficient (Wildman–Crippen LogP) is 3.92. The highest BCUT2D eigenvalue weighted by Gasteiger charge is 2.14. The van der Waals surface area contributed by atoms with Crippen molar-refractivity contribution in [2.75, 3.05) is 20.8 Å². The highest BCUT2D eigenvalue weighted by atomic mass is 79.9. The Kier molecular flexibility index (Phi) is 5.28.